The largest absolute Gasteiger partial charge is 0.444 e. The monoisotopic (exact) mass is 445 g/mol. The van der Waals surface area contributed by atoms with Crippen molar-refractivity contribution < 1.29 is 18.8 Å². The van der Waals surface area contributed by atoms with Crippen LogP contribution in [-0.4, -0.2) is 46.8 Å². The molecule has 3 rings (SSSR count). The van der Waals surface area contributed by atoms with E-state index in [2.05, 4.69) is 17.4 Å². The first-order valence-electron chi connectivity index (χ1n) is 9.77. The summed E-state index contributed by atoms with van der Waals surface area (Å²) in [5.74, 6) is 1.84. The van der Waals surface area contributed by atoms with Gasteiger partial charge in [0.05, 0.1) is 11.7 Å². The summed E-state index contributed by atoms with van der Waals surface area (Å²) in [4.78, 5) is 27.2. The number of carbonyl (C=O) groups is 2. The van der Waals surface area contributed by atoms with Crippen molar-refractivity contribution in [1.29, 1.82) is 0 Å². The van der Waals surface area contributed by atoms with Crippen molar-refractivity contribution in [3.63, 3.8) is 0 Å². The van der Waals surface area contributed by atoms with Crippen LogP contribution in [0.3, 0.4) is 0 Å². The Hall–Kier alpha value is -1.35. The number of carbonyl (C=O) groups excluding carboxylic acids is 2. The van der Waals surface area contributed by atoms with E-state index in [0.29, 0.717) is 47.9 Å². The average molecular weight is 446 g/mol. The molecule has 2 aliphatic rings. The van der Waals surface area contributed by atoms with Gasteiger partial charge in [-0.2, -0.15) is 27.0 Å². The Morgan fingerprint density at radius 1 is 1.24 bits per heavy atom. The molecule has 29 heavy (non-hydrogen) atoms. The van der Waals surface area contributed by atoms with E-state index in [1.807, 2.05) is 25.7 Å². The minimum Gasteiger partial charge on any atom is -0.444 e. The van der Waals surface area contributed by atoms with Crippen LogP contribution < -0.4 is 5.32 Å². The summed E-state index contributed by atoms with van der Waals surface area (Å²) in [6.07, 6.45) is 1.91. The molecule has 2 fully saturated rings. The first-order valence-corrected chi connectivity index (χ1v) is 9.77. The number of fused-ring (bicyclic) bond motifs is 1. The van der Waals surface area contributed by atoms with Crippen molar-refractivity contribution in [2.24, 2.45) is 17.8 Å². The summed E-state index contributed by atoms with van der Waals surface area (Å²) in [7, 11) is 0. The standard InChI is InChI=1S/C20H31N3O4.2H2S/c1-11-7-14-10-23(19(25)26-20(4,5)6)16(15(14)8-11)9-21-18(24)17-12(2)22-27-13(17)3;;/h11,14-16H,7-10H2,1-6H3,(H,21,24);2*1H2/t11?,14-,15-,16+;;/m0../s1. The second kappa shape index (κ2) is 9.64. The Morgan fingerprint density at radius 3 is 2.45 bits per heavy atom. The van der Waals surface area contributed by atoms with Crippen molar-refractivity contribution in [2.45, 2.75) is 66.0 Å². The Balaban J connectivity index is 0.00000210. The first kappa shape index (κ1) is 25.7. The highest BCUT2D eigenvalue weighted by Gasteiger charge is 2.49. The van der Waals surface area contributed by atoms with Crippen LogP contribution in [0.25, 0.3) is 0 Å². The molecular weight excluding hydrogens is 410 g/mol. The van der Waals surface area contributed by atoms with Crippen LogP contribution in [0.4, 0.5) is 4.79 Å². The van der Waals surface area contributed by atoms with E-state index in [1.165, 1.54) is 0 Å². The Labute approximate surface area is 187 Å². The molecule has 4 atom stereocenters. The number of nitrogens with zero attached hydrogens (tertiary/aromatic N) is 2. The van der Waals surface area contributed by atoms with Gasteiger partial charge in [0.25, 0.3) is 5.91 Å². The van der Waals surface area contributed by atoms with Gasteiger partial charge >= 0.3 is 6.09 Å². The zero-order chi connectivity index (χ0) is 19.9. The van der Waals surface area contributed by atoms with Crippen molar-refractivity contribution in [1.82, 2.24) is 15.4 Å². The lowest BCUT2D eigenvalue weighted by atomic mass is 9.93. The second-order valence-electron chi connectivity index (χ2n) is 9.11. The molecule has 1 aliphatic carbocycles. The number of nitrogens with one attached hydrogen (secondary N) is 1. The van der Waals surface area contributed by atoms with Crippen LogP contribution in [-0.2, 0) is 4.74 Å². The van der Waals surface area contributed by atoms with Gasteiger partial charge in [0.1, 0.15) is 16.9 Å². The molecule has 166 valence electrons. The summed E-state index contributed by atoms with van der Waals surface area (Å²) in [5, 5.41) is 6.84. The van der Waals surface area contributed by atoms with Gasteiger partial charge in [-0.3, -0.25) is 4.79 Å². The Morgan fingerprint density at radius 2 is 1.90 bits per heavy atom. The van der Waals surface area contributed by atoms with E-state index in [-0.39, 0.29) is 45.0 Å². The smallest absolute Gasteiger partial charge is 0.410 e. The summed E-state index contributed by atoms with van der Waals surface area (Å²) >= 11 is 0. The number of ether oxygens (including phenoxy) is 1. The van der Waals surface area contributed by atoms with Crippen LogP contribution in [0.5, 0.6) is 0 Å². The number of aryl methyl sites for hydroxylation is 2. The van der Waals surface area contributed by atoms with Gasteiger partial charge in [-0.05, 0) is 65.2 Å². The fourth-order valence-corrected chi connectivity index (χ4v) is 4.63. The molecule has 1 N–H and O–H groups in total. The zero-order valence-corrected chi connectivity index (χ0v) is 20.2. The average Bonchev–Trinajstić information content (AvgIpc) is 3.16. The number of likely N-dealkylation sites (tertiary alicyclic amines) is 1. The van der Waals surface area contributed by atoms with Crippen LogP contribution in [0.2, 0.25) is 0 Å². The predicted octanol–water partition coefficient (Wildman–Crippen LogP) is 3.53. The van der Waals surface area contributed by atoms with Gasteiger partial charge in [-0.25, -0.2) is 4.79 Å². The first-order chi connectivity index (χ1) is 12.6. The van der Waals surface area contributed by atoms with Crippen molar-refractivity contribution >= 4 is 39.0 Å². The highest BCUT2D eigenvalue weighted by atomic mass is 32.1. The molecule has 1 aromatic rings. The van der Waals surface area contributed by atoms with E-state index < -0.39 is 5.60 Å². The molecule has 1 aromatic heterocycles. The lowest BCUT2D eigenvalue weighted by Gasteiger charge is -2.31. The van der Waals surface area contributed by atoms with Gasteiger partial charge in [0.15, 0.2) is 0 Å². The van der Waals surface area contributed by atoms with Crippen molar-refractivity contribution in [2.75, 3.05) is 13.1 Å². The molecule has 1 aliphatic heterocycles. The van der Waals surface area contributed by atoms with E-state index in [4.69, 9.17) is 9.26 Å². The third kappa shape index (κ3) is 5.63. The maximum absolute atomic E-state index is 12.7. The van der Waals surface area contributed by atoms with E-state index >= 15 is 0 Å². The van der Waals surface area contributed by atoms with Crippen LogP contribution in [0.1, 0.15) is 62.3 Å². The van der Waals surface area contributed by atoms with E-state index in [1.54, 1.807) is 13.8 Å². The molecule has 1 saturated carbocycles. The fraction of sp³-hybridized carbons (Fsp3) is 0.750. The Kier molecular flexibility index (Phi) is 8.54. The van der Waals surface area contributed by atoms with Crippen molar-refractivity contribution in [3.8, 4) is 0 Å². The van der Waals surface area contributed by atoms with Gasteiger partial charge in [-0.15, -0.1) is 0 Å². The minimum absolute atomic E-state index is 0. The molecule has 0 spiro atoms. The lowest BCUT2D eigenvalue weighted by molar-refractivity contribution is 0.0196. The topological polar surface area (TPSA) is 84.7 Å². The summed E-state index contributed by atoms with van der Waals surface area (Å²) in [6, 6.07) is -0.0424. The molecule has 0 aromatic carbocycles. The Bertz CT molecular complexity index is 712. The van der Waals surface area contributed by atoms with E-state index in [9.17, 15) is 9.59 Å². The highest BCUT2D eigenvalue weighted by molar-refractivity contribution is 7.59. The van der Waals surface area contributed by atoms with Crippen LogP contribution in [0, 0.1) is 31.6 Å². The lowest BCUT2D eigenvalue weighted by Crippen LogP contribution is -2.47. The summed E-state index contributed by atoms with van der Waals surface area (Å²) < 4.78 is 10.7. The number of hydrogen-bond donors (Lipinski definition) is 1. The molecule has 2 amide bonds. The molecule has 1 saturated heterocycles. The molecule has 0 bridgehead atoms. The van der Waals surface area contributed by atoms with Crippen molar-refractivity contribution in [3.05, 3.63) is 17.0 Å². The summed E-state index contributed by atoms with van der Waals surface area (Å²) in [5.41, 5.74) is 0.521. The maximum Gasteiger partial charge on any atom is 0.410 e. The van der Waals surface area contributed by atoms with E-state index in [0.717, 1.165) is 12.8 Å². The maximum atomic E-state index is 12.7. The molecule has 1 unspecified atom stereocenters. The van der Waals surface area contributed by atoms with Gasteiger partial charge in [0, 0.05) is 13.1 Å². The number of hydrogen-bond acceptors (Lipinski definition) is 5. The number of rotatable bonds is 3. The molecule has 0 radical (unpaired) electrons. The molecule has 2 heterocycles. The number of aromatic nitrogens is 1. The van der Waals surface area contributed by atoms with Crippen LogP contribution in [0.15, 0.2) is 4.52 Å². The van der Waals surface area contributed by atoms with Gasteiger partial charge in [0.2, 0.25) is 0 Å². The predicted molar refractivity (Wildman–Crippen MR) is 121 cm³/mol. The highest BCUT2D eigenvalue weighted by Crippen LogP contribution is 2.45. The third-order valence-electron chi connectivity index (χ3n) is 5.67. The van der Waals surface area contributed by atoms with Gasteiger partial charge in [-0.1, -0.05) is 12.1 Å². The number of amides is 2. The zero-order valence-electron chi connectivity index (χ0n) is 18.2. The van der Waals surface area contributed by atoms with Gasteiger partial charge < -0.3 is 19.5 Å². The minimum atomic E-state index is -0.535. The quantitative estimate of drug-likeness (QED) is 0.769. The molecule has 7 nitrogen and oxygen atoms in total. The molecule has 9 heteroatoms. The third-order valence-corrected chi connectivity index (χ3v) is 5.67. The summed E-state index contributed by atoms with van der Waals surface area (Å²) in [6.45, 7) is 12.5. The van der Waals surface area contributed by atoms with Crippen LogP contribution >= 0.6 is 27.0 Å². The normalized spacial score (nSPS) is 25.7. The fourth-order valence-electron chi connectivity index (χ4n) is 4.63. The SMILES string of the molecule is Cc1noc(C)c1C(=O)NC[C@@H]1[C@H]2CC(C)C[C@H]2CN1C(=O)OC(C)(C)C.S.S. The second-order valence-corrected chi connectivity index (χ2v) is 9.11. The molecular formula is C20H35N3O4S2.